The number of pyridine rings is 1. The van der Waals surface area contributed by atoms with E-state index < -0.39 is 32.6 Å². The lowest BCUT2D eigenvalue weighted by atomic mass is 10.2. The normalized spacial score (nSPS) is 11.1. The number of hydrogen-bond donors (Lipinski definition) is 2. The van der Waals surface area contributed by atoms with Crippen molar-refractivity contribution < 1.29 is 36.2 Å². The molecule has 0 spiro atoms. The molecule has 0 aliphatic heterocycles. The number of aromatic nitrogens is 1. The van der Waals surface area contributed by atoms with Crippen LogP contribution in [0.4, 0.5) is 36.5 Å². The first-order valence-corrected chi connectivity index (χ1v) is 16.0. The van der Waals surface area contributed by atoms with E-state index >= 15 is 4.39 Å². The van der Waals surface area contributed by atoms with Gasteiger partial charge in [0.2, 0.25) is 0 Å². The molecule has 0 unspecified atom stereocenters. The van der Waals surface area contributed by atoms with Crippen LogP contribution in [0.2, 0.25) is 10.0 Å². The first kappa shape index (κ1) is 35.3. The number of ether oxygens (including phenoxy) is 3. The third-order valence-corrected chi connectivity index (χ3v) is 9.18. The Morgan fingerprint density at radius 1 is 0.979 bits per heavy atom. The predicted octanol–water partition coefficient (Wildman–Crippen LogP) is 6.62. The van der Waals surface area contributed by atoms with E-state index in [-0.39, 0.29) is 36.2 Å². The summed E-state index contributed by atoms with van der Waals surface area (Å²) in [6.07, 6.45) is 0.266. The van der Waals surface area contributed by atoms with Crippen LogP contribution < -0.4 is 29.3 Å². The molecule has 0 aliphatic rings. The molecule has 1 amide bonds. The number of carbonyl (C=O) groups is 1. The lowest BCUT2D eigenvalue weighted by Gasteiger charge is -2.25. The summed E-state index contributed by atoms with van der Waals surface area (Å²) >= 11 is 12.8. The summed E-state index contributed by atoms with van der Waals surface area (Å²) in [5, 5.41) is 5.68. The predicted molar refractivity (Wildman–Crippen MR) is 177 cm³/mol. The Balaban J connectivity index is 1.70. The number of hydrogen-bond acceptors (Lipinski definition) is 9. The number of benzene rings is 3. The van der Waals surface area contributed by atoms with Crippen LogP contribution in [-0.4, -0.2) is 61.0 Å². The molecule has 0 bridgehead atoms. The minimum absolute atomic E-state index is 0.0602. The number of methoxy groups -OCH3 is 2. The number of amides is 1. The number of rotatable bonds is 13. The van der Waals surface area contributed by atoms with Gasteiger partial charge in [0.1, 0.15) is 40.5 Å². The summed E-state index contributed by atoms with van der Waals surface area (Å²) in [6, 6.07) is 13.8. The maximum atomic E-state index is 15.8. The van der Waals surface area contributed by atoms with Gasteiger partial charge in [-0.1, -0.05) is 23.2 Å². The number of anilines is 4. The fourth-order valence-electron chi connectivity index (χ4n) is 4.42. The molecule has 0 saturated heterocycles. The minimum atomic E-state index is -4.69. The van der Waals surface area contributed by atoms with Crippen molar-refractivity contribution in [2.24, 2.45) is 0 Å². The van der Waals surface area contributed by atoms with Gasteiger partial charge in [0, 0.05) is 36.8 Å². The average Bonchev–Trinajstić information content (AvgIpc) is 3.05. The molecule has 0 fully saturated rings. The summed E-state index contributed by atoms with van der Waals surface area (Å²) in [6.45, 7) is -0.00483. The van der Waals surface area contributed by atoms with Crippen LogP contribution in [0.1, 0.15) is 5.56 Å². The van der Waals surface area contributed by atoms with Gasteiger partial charge in [0.05, 0.1) is 55.6 Å². The Morgan fingerprint density at radius 3 is 2.40 bits per heavy atom. The van der Waals surface area contributed by atoms with E-state index in [0.717, 1.165) is 34.8 Å². The van der Waals surface area contributed by atoms with E-state index in [4.69, 9.17) is 37.4 Å². The van der Waals surface area contributed by atoms with Gasteiger partial charge in [-0.15, -0.1) is 0 Å². The fraction of sp³-hybridized carbons (Fsp3) is 0.226. The van der Waals surface area contributed by atoms with E-state index in [1.165, 1.54) is 21.3 Å². The molecule has 3 aromatic carbocycles. The van der Waals surface area contributed by atoms with Crippen molar-refractivity contribution >= 4 is 62.2 Å². The molecule has 4 rings (SSSR count). The van der Waals surface area contributed by atoms with Crippen LogP contribution >= 0.6 is 23.2 Å². The number of carbonyl (C=O) groups excluding carboxylic acids is 1. The molecule has 16 heteroatoms. The van der Waals surface area contributed by atoms with Crippen molar-refractivity contribution in [1.82, 2.24) is 10.3 Å². The summed E-state index contributed by atoms with van der Waals surface area (Å²) in [4.78, 5) is 16.4. The van der Waals surface area contributed by atoms with E-state index in [2.05, 4.69) is 15.6 Å². The molecular formula is C31H31Cl2F2N5O6S. The number of likely N-dealkylation sites (N-methyl/N-ethyl adjacent to an activating group) is 1. The molecule has 4 aromatic rings. The largest absolute Gasteiger partial charge is 0.497 e. The van der Waals surface area contributed by atoms with Gasteiger partial charge in [0.25, 0.3) is 10.0 Å². The van der Waals surface area contributed by atoms with Gasteiger partial charge in [-0.2, -0.15) is 0 Å². The van der Waals surface area contributed by atoms with Gasteiger partial charge in [0.15, 0.2) is 0 Å². The zero-order valence-corrected chi connectivity index (χ0v) is 28.0. The SMILES string of the molecule is CNC(=O)OCCN(C)c1cc(Cl)ccc1Nc1cc(F)c(S(=O)(=O)N(Cc2ccc(OC)cc2OC)c2ccc(F)cn2)cc1Cl. The Bertz CT molecular complexity index is 1850. The molecule has 11 nitrogen and oxygen atoms in total. The van der Waals surface area contributed by atoms with Crippen molar-refractivity contribution in [3.05, 3.63) is 94.1 Å². The number of alkyl carbamates (subject to hydrolysis) is 1. The van der Waals surface area contributed by atoms with Gasteiger partial charge in [-0.3, -0.25) is 0 Å². The number of sulfonamides is 1. The summed E-state index contributed by atoms with van der Waals surface area (Å²) < 4.78 is 74.3. The molecule has 2 N–H and O–H groups in total. The summed E-state index contributed by atoms with van der Waals surface area (Å²) in [5.74, 6) is -1.21. The van der Waals surface area contributed by atoms with Crippen LogP contribution in [0.25, 0.3) is 0 Å². The molecule has 0 aliphatic carbocycles. The minimum Gasteiger partial charge on any atom is -0.497 e. The molecule has 47 heavy (non-hydrogen) atoms. The number of nitrogens with zero attached hydrogens (tertiary/aromatic N) is 3. The van der Waals surface area contributed by atoms with Crippen molar-refractivity contribution in [2.45, 2.75) is 11.4 Å². The van der Waals surface area contributed by atoms with Gasteiger partial charge in [-0.05, 0) is 48.5 Å². The zero-order chi connectivity index (χ0) is 34.3. The van der Waals surface area contributed by atoms with Crippen LogP contribution in [0.15, 0.2) is 71.8 Å². The van der Waals surface area contributed by atoms with Crippen molar-refractivity contribution in [3.8, 4) is 11.5 Å². The standard InChI is InChI=1S/C31H31Cl2F2N5O6S/c1-36-31(41)46-12-11-39(2)27-13-20(32)6-9-25(27)38-26-16-24(35)29(15-23(26)33)47(42,43)40(30-10-7-21(34)17-37-30)18-19-5-8-22(44-3)14-28(19)45-4/h5-10,13-17,38H,11-12,18H2,1-4H3,(H,36,41). The Morgan fingerprint density at radius 2 is 1.74 bits per heavy atom. The van der Waals surface area contributed by atoms with E-state index in [1.54, 1.807) is 48.3 Å². The van der Waals surface area contributed by atoms with Crippen LogP contribution in [0.5, 0.6) is 11.5 Å². The van der Waals surface area contributed by atoms with Crippen molar-refractivity contribution in [3.63, 3.8) is 0 Å². The van der Waals surface area contributed by atoms with Crippen LogP contribution in [0.3, 0.4) is 0 Å². The number of nitrogens with one attached hydrogen (secondary N) is 2. The Kier molecular flexibility index (Phi) is 11.6. The fourth-order valence-corrected chi connectivity index (χ4v) is 6.34. The lowest BCUT2D eigenvalue weighted by molar-refractivity contribution is 0.151. The van der Waals surface area contributed by atoms with Gasteiger partial charge < -0.3 is 29.7 Å². The molecule has 1 heterocycles. The van der Waals surface area contributed by atoms with E-state index in [9.17, 15) is 17.6 Å². The van der Waals surface area contributed by atoms with Crippen molar-refractivity contribution in [2.75, 3.05) is 56.0 Å². The third-order valence-electron chi connectivity index (χ3n) is 6.87. The molecular weight excluding hydrogens is 679 g/mol. The smallest absolute Gasteiger partial charge is 0.406 e. The summed E-state index contributed by atoms with van der Waals surface area (Å²) in [5.41, 5.74) is 1.48. The highest BCUT2D eigenvalue weighted by Gasteiger charge is 2.31. The topological polar surface area (TPSA) is 122 Å². The highest BCUT2D eigenvalue weighted by Crippen LogP contribution is 2.37. The molecule has 250 valence electrons. The van der Waals surface area contributed by atoms with Crippen LogP contribution in [-0.2, 0) is 21.3 Å². The average molecular weight is 711 g/mol. The monoisotopic (exact) mass is 709 g/mol. The summed E-state index contributed by atoms with van der Waals surface area (Å²) in [7, 11) is 1.36. The lowest BCUT2D eigenvalue weighted by Crippen LogP contribution is -2.32. The second-order valence-electron chi connectivity index (χ2n) is 9.88. The molecule has 0 atom stereocenters. The van der Waals surface area contributed by atoms with Crippen molar-refractivity contribution in [1.29, 1.82) is 0 Å². The van der Waals surface area contributed by atoms with Crippen LogP contribution in [0, 0.1) is 11.6 Å². The highest BCUT2D eigenvalue weighted by molar-refractivity contribution is 7.92. The second-order valence-corrected chi connectivity index (χ2v) is 12.6. The zero-order valence-electron chi connectivity index (χ0n) is 25.7. The third kappa shape index (κ3) is 8.44. The maximum absolute atomic E-state index is 15.8. The first-order chi connectivity index (χ1) is 22.4. The number of halogens is 4. The highest BCUT2D eigenvalue weighted by atomic mass is 35.5. The van der Waals surface area contributed by atoms with E-state index in [1.807, 2.05) is 0 Å². The molecule has 0 saturated carbocycles. The maximum Gasteiger partial charge on any atom is 0.406 e. The molecule has 1 aromatic heterocycles. The second kappa shape index (κ2) is 15.4. The molecule has 0 radical (unpaired) electrons. The first-order valence-electron chi connectivity index (χ1n) is 13.8. The van der Waals surface area contributed by atoms with Gasteiger partial charge in [-0.25, -0.2) is 31.3 Å². The quantitative estimate of drug-likeness (QED) is 0.158. The Hall–Kier alpha value is -4.53. The Labute approximate surface area is 281 Å². The van der Waals surface area contributed by atoms with E-state index in [0.29, 0.717) is 33.5 Å². The van der Waals surface area contributed by atoms with Gasteiger partial charge >= 0.3 is 6.09 Å².